The van der Waals surface area contributed by atoms with Gasteiger partial charge in [0.2, 0.25) is 0 Å². The van der Waals surface area contributed by atoms with Gasteiger partial charge in [0.1, 0.15) is 5.54 Å². The van der Waals surface area contributed by atoms with E-state index in [4.69, 9.17) is 4.74 Å². The minimum Gasteiger partial charge on any atom is -0.468 e. The fraction of sp³-hybridized carbons (Fsp3) is 0.929. The molecule has 4 heteroatoms. The summed E-state index contributed by atoms with van der Waals surface area (Å²) < 4.78 is 4.94. The first-order valence-corrected chi connectivity index (χ1v) is 7.09. The van der Waals surface area contributed by atoms with Crippen LogP contribution in [-0.2, 0) is 9.53 Å². The van der Waals surface area contributed by atoms with Crippen LogP contribution in [-0.4, -0.2) is 49.7 Å². The lowest BCUT2D eigenvalue weighted by Crippen LogP contribution is -2.57. The molecule has 0 rings (SSSR count). The largest absolute Gasteiger partial charge is 0.468 e. The number of nitrogens with zero attached hydrogens (tertiary/aromatic N) is 1. The molecule has 0 bridgehead atoms. The maximum absolute atomic E-state index is 12.0. The first-order chi connectivity index (χ1) is 8.53. The average Bonchev–Trinajstić information content (AvgIpc) is 2.36. The lowest BCUT2D eigenvalue weighted by Gasteiger charge is -2.34. The van der Waals surface area contributed by atoms with Crippen LogP contribution >= 0.6 is 0 Å². The summed E-state index contributed by atoms with van der Waals surface area (Å²) in [4.78, 5) is 14.3. The standard InChI is InChI=1S/C14H30N2O2/c1-6-9-15-14(4,13(17)18-5)12-16(10-7-2)11-8-3/h15H,6-12H2,1-5H3. The molecule has 4 nitrogen and oxygen atoms in total. The number of carbonyl (C=O) groups excluding carboxylic acids is 1. The van der Waals surface area contributed by atoms with Crippen LogP contribution in [0.3, 0.4) is 0 Å². The smallest absolute Gasteiger partial charge is 0.327 e. The number of hydrogen-bond acceptors (Lipinski definition) is 4. The average molecular weight is 258 g/mol. The van der Waals surface area contributed by atoms with E-state index in [9.17, 15) is 4.79 Å². The van der Waals surface area contributed by atoms with E-state index in [-0.39, 0.29) is 5.97 Å². The summed E-state index contributed by atoms with van der Waals surface area (Å²) in [6, 6.07) is 0. The molecular formula is C14H30N2O2. The molecule has 0 saturated heterocycles. The van der Waals surface area contributed by atoms with Gasteiger partial charge < -0.3 is 15.0 Å². The molecule has 1 atom stereocenters. The second-order valence-corrected chi connectivity index (χ2v) is 5.03. The van der Waals surface area contributed by atoms with Crippen LogP contribution < -0.4 is 5.32 Å². The molecule has 0 aromatic rings. The molecule has 0 aliphatic carbocycles. The Labute approximate surface area is 112 Å². The van der Waals surface area contributed by atoms with Crippen molar-refractivity contribution in [3.63, 3.8) is 0 Å². The Kier molecular flexibility index (Phi) is 9.02. The second-order valence-electron chi connectivity index (χ2n) is 5.03. The third-order valence-corrected chi connectivity index (χ3v) is 3.02. The molecule has 108 valence electrons. The van der Waals surface area contributed by atoms with Gasteiger partial charge in [-0.15, -0.1) is 0 Å². The van der Waals surface area contributed by atoms with Crippen LogP contribution in [0.5, 0.6) is 0 Å². The van der Waals surface area contributed by atoms with Gasteiger partial charge in [0.05, 0.1) is 7.11 Å². The first-order valence-electron chi connectivity index (χ1n) is 7.09. The SMILES string of the molecule is CCCNC(C)(CN(CCC)CCC)C(=O)OC. The van der Waals surface area contributed by atoms with E-state index < -0.39 is 5.54 Å². The number of ether oxygens (including phenoxy) is 1. The van der Waals surface area contributed by atoms with Gasteiger partial charge in [-0.05, 0) is 45.8 Å². The van der Waals surface area contributed by atoms with E-state index in [1.165, 1.54) is 7.11 Å². The molecule has 0 fully saturated rings. The van der Waals surface area contributed by atoms with E-state index >= 15 is 0 Å². The van der Waals surface area contributed by atoms with Gasteiger partial charge in [0, 0.05) is 6.54 Å². The predicted molar refractivity (Wildman–Crippen MR) is 75.7 cm³/mol. The summed E-state index contributed by atoms with van der Waals surface area (Å²) in [7, 11) is 1.46. The Morgan fingerprint density at radius 2 is 1.72 bits per heavy atom. The molecule has 1 unspecified atom stereocenters. The van der Waals surface area contributed by atoms with Gasteiger partial charge in [-0.2, -0.15) is 0 Å². The van der Waals surface area contributed by atoms with Gasteiger partial charge in [-0.1, -0.05) is 20.8 Å². The van der Waals surface area contributed by atoms with Gasteiger partial charge in [0.25, 0.3) is 0 Å². The Hall–Kier alpha value is -0.610. The van der Waals surface area contributed by atoms with Crippen LogP contribution in [0.2, 0.25) is 0 Å². The van der Waals surface area contributed by atoms with E-state index in [2.05, 4.69) is 31.0 Å². The highest BCUT2D eigenvalue weighted by Gasteiger charge is 2.35. The fourth-order valence-electron chi connectivity index (χ4n) is 2.17. The maximum Gasteiger partial charge on any atom is 0.327 e. The topological polar surface area (TPSA) is 41.6 Å². The fourth-order valence-corrected chi connectivity index (χ4v) is 2.17. The quantitative estimate of drug-likeness (QED) is 0.609. The zero-order chi connectivity index (χ0) is 14.0. The van der Waals surface area contributed by atoms with Crippen LogP contribution in [0.25, 0.3) is 0 Å². The number of hydrogen-bond donors (Lipinski definition) is 1. The van der Waals surface area contributed by atoms with E-state index in [1.807, 2.05) is 6.92 Å². The van der Waals surface area contributed by atoms with Gasteiger partial charge in [-0.3, -0.25) is 4.79 Å². The third kappa shape index (κ3) is 5.83. The number of nitrogens with one attached hydrogen (secondary N) is 1. The van der Waals surface area contributed by atoms with Crippen molar-refractivity contribution in [1.29, 1.82) is 0 Å². The molecule has 0 aliphatic rings. The van der Waals surface area contributed by atoms with E-state index in [0.717, 1.165) is 38.9 Å². The van der Waals surface area contributed by atoms with Crippen molar-refractivity contribution in [2.45, 2.75) is 52.5 Å². The summed E-state index contributed by atoms with van der Waals surface area (Å²) in [6.45, 7) is 11.9. The summed E-state index contributed by atoms with van der Waals surface area (Å²) in [5.74, 6) is -0.173. The maximum atomic E-state index is 12.0. The second kappa shape index (κ2) is 9.34. The number of esters is 1. The lowest BCUT2D eigenvalue weighted by atomic mass is 10.0. The highest BCUT2D eigenvalue weighted by atomic mass is 16.5. The normalized spacial score (nSPS) is 14.6. The first kappa shape index (κ1) is 17.4. The van der Waals surface area contributed by atoms with Crippen LogP contribution in [0.15, 0.2) is 0 Å². The Morgan fingerprint density at radius 1 is 1.17 bits per heavy atom. The zero-order valence-corrected chi connectivity index (χ0v) is 12.7. The van der Waals surface area contributed by atoms with Crippen molar-refractivity contribution in [2.75, 3.05) is 33.3 Å². The minimum absolute atomic E-state index is 0.173. The zero-order valence-electron chi connectivity index (χ0n) is 12.7. The number of methoxy groups -OCH3 is 1. The summed E-state index contributed by atoms with van der Waals surface area (Å²) in [5.41, 5.74) is -0.602. The Bertz CT molecular complexity index is 228. The summed E-state index contributed by atoms with van der Waals surface area (Å²) in [5, 5.41) is 3.33. The highest BCUT2D eigenvalue weighted by Crippen LogP contribution is 2.11. The number of rotatable bonds is 10. The molecule has 0 saturated carbocycles. The van der Waals surface area contributed by atoms with Gasteiger partial charge >= 0.3 is 5.97 Å². The molecule has 18 heavy (non-hydrogen) atoms. The van der Waals surface area contributed by atoms with Crippen LogP contribution in [0.4, 0.5) is 0 Å². The minimum atomic E-state index is -0.602. The molecule has 0 aliphatic heterocycles. The van der Waals surface area contributed by atoms with Gasteiger partial charge in [0.15, 0.2) is 0 Å². The monoisotopic (exact) mass is 258 g/mol. The van der Waals surface area contributed by atoms with E-state index in [0.29, 0.717) is 6.54 Å². The third-order valence-electron chi connectivity index (χ3n) is 3.02. The van der Waals surface area contributed by atoms with Crippen molar-refractivity contribution < 1.29 is 9.53 Å². The lowest BCUT2D eigenvalue weighted by molar-refractivity contribution is -0.148. The Balaban J connectivity index is 4.66. The molecule has 0 spiro atoms. The Morgan fingerprint density at radius 3 is 2.11 bits per heavy atom. The van der Waals surface area contributed by atoms with Gasteiger partial charge in [-0.25, -0.2) is 0 Å². The van der Waals surface area contributed by atoms with Crippen molar-refractivity contribution in [2.24, 2.45) is 0 Å². The predicted octanol–water partition coefficient (Wildman–Crippen LogP) is 2.04. The van der Waals surface area contributed by atoms with Crippen molar-refractivity contribution in [3.8, 4) is 0 Å². The van der Waals surface area contributed by atoms with Crippen molar-refractivity contribution in [1.82, 2.24) is 10.2 Å². The van der Waals surface area contributed by atoms with Crippen LogP contribution in [0, 0.1) is 0 Å². The molecular weight excluding hydrogens is 228 g/mol. The van der Waals surface area contributed by atoms with Crippen LogP contribution in [0.1, 0.15) is 47.0 Å². The summed E-state index contributed by atoms with van der Waals surface area (Å²) >= 11 is 0. The molecule has 0 heterocycles. The molecule has 0 amide bonds. The summed E-state index contributed by atoms with van der Waals surface area (Å²) in [6.07, 6.45) is 3.21. The molecule has 0 aromatic carbocycles. The van der Waals surface area contributed by atoms with Crippen molar-refractivity contribution >= 4 is 5.97 Å². The van der Waals surface area contributed by atoms with E-state index in [1.54, 1.807) is 0 Å². The molecule has 1 N–H and O–H groups in total. The highest BCUT2D eigenvalue weighted by molar-refractivity contribution is 5.80. The molecule has 0 aromatic heterocycles. The molecule has 0 radical (unpaired) electrons. The number of carbonyl (C=O) groups is 1. The van der Waals surface area contributed by atoms with Crippen molar-refractivity contribution in [3.05, 3.63) is 0 Å².